The van der Waals surface area contributed by atoms with E-state index in [-0.39, 0.29) is 6.29 Å². The van der Waals surface area contributed by atoms with Gasteiger partial charge in [0.2, 0.25) is 0 Å². The molecule has 0 aliphatic carbocycles. The standard InChI is InChI=1S/C10H21NO2S/c1-8-9(2)14-6-5-11(8)7-10(12-3)13-4/h8-10H,5-7H2,1-4H3. The van der Waals surface area contributed by atoms with Crippen LogP contribution in [-0.4, -0.2) is 55.5 Å². The minimum Gasteiger partial charge on any atom is -0.355 e. The first kappa shape index (κ1) is 12.3. The molecule has 0 aromatic carbocycles. The van der Waals surface area contributed by atoms with Crippen LogP contribution >= 0.6 is 11.8 Å². The second-order valence-electron chi connectivity index (χ2n) is 3.71. The van der Waals surface area contributed by atoms with E-state index >= 15 is 0 Å². The average molecular weight is 219 g/mol. The largest absolute Gasteiger partial charge is 0.355 e. The van der Waals surface area contributed by atoms with Crippen molar-refractivity contribution >= 4 is 11.8 Å². The summed E-state index contributed by atoms with van der Waals surface area (Å²) in [6, 6.07) is 0.613. The molecule has 3 nitrogen and oxygen atoms in total. The van der Waals surface area contributed by atoms with Crippen LogP contribution in [0.5, 0.6) is 0 Å². The average Bonchev–Trinajstić information content (AvgIpc) is 2.20. The van der Waals surface area contributed by atoms with Gasteiger partial charge in [-0.2, -0.15) is 11.8 Å². The molecule has 0 aromatic rings. The maximum absolute atomic E-state index is 5.22. The lowest BCUT2D eigenvalue weighted by molar-refractivity contribution is -0.119. The Bertz CT molecular complexity index is 164. The zero-order chi connectivity index (χ0) is 10.6. The Morgan fingerprint density at radius 1 is 1.36 bits per heavy atom. The van der Waals surface area contributed by atoms with Crippen molar-refractivity contribution in [2.75, 3.05) is 33.1 Å². The predicted molar refractivity (Wildman–Crippen MR) is 60.8 cm³/mol. The molecular formula is C10H21NO2S. The van der Waals surface area contributed by atoms with Gasteiger partial charge in [-0.05, 0) is 6.92 Å². The lowest BCUT2D eigenvalue weighted by Gasteiger charge is -2.38. The van der Waals surface area contributed by atoms with Crippen LogP contribution < -0.4 is 0 Å². The number of hydrogen-bond donors (Lipinski definition) is 0. The number of hydrogen-bond acceptors (Lipinski definition) is 4. The maximum Gasteiger partial charge on any atom is 0.169 e. The highest BCUT2D eigenvalue weighted by Crippen LogP contribution is 2.24. The number of thioether (sulfide) groups is 1. The number of methoxy groups -OCH3 is 2. The van der Waals surface area contributed by atoms with Gasteiger partial charge >= 0.3 is 0 Å². The molecule has 1 heterocycles. The molecule has 1 saturated heterocycles. The normalized spacial score (nSPS) is 29.8. The topological polar surface area (TPSA) is 21.7 Å². The first-order valence-electron chi connectivity index (χ1n) is 5.10. The molecule has 0 spiro atoms. The van der Waals surface area contributed by atoms with Gasteiger partial charge < -0.3 is 9.47 Å². The fourth-order valence-electron chi connectivity index (χ4n) is 1.69. The van der Waals surface area contributed by atoms with E-state index in [1.165, 1.54) is 5.75 Å². The third kappa shape index (κ3) is 3.12. The smallest absolute Gasteiger partial charge is 0.169 e. The highest BCUT2D eigenvalue weighted by atomic mass is 32.2. The van der Waals surface area contributed by atoms with Crippen LogP contribution in [0.3, 0.4) is 0 Å². The van der Waals surface area contributed by atoms with Crippen molar-refractivity contribution in [3.63, 3.8) is 0 Å². The van der Waals surface area contributed by atoms with E-state index in [1.807, 2.05) is 11.8 Å². The monoisotopic (exact) mass is 219 g/mol. The van der Waals surface area contributed by atoms with E-state index in [0.29, 0.717) is 11.3 Å². The Morgan fingerprint density at radius 3 is 2.57 bits per heavy atom. The van der Waals surface area contributed by atoms with Gasteiger partial charge in [-0.3, -0.25) is 4.90 Å². The number of rotatable bonds is 4. The summed E-state index contributed by atoms with van der Waals surface area (Å²) in [5, 5.41) is 0.707. The van der Waals surface area contributed by atoms with Crippen LogP contribution in [0.4, 0.5) is 0 Å². The molecule has 1 rings (SSSR count). The highest BCUT2D eigenvalue weighted by molar-refractivity contribution is 8.00. The molecular weight excluding hydrogens is 198 g/mol. The van der Waals surface area contributed by atoms with Crippen LogP contribution in [-0.2, 0) is 9.47 Å². The molecule has 0 radical (unpaired) electrons. The van der Waals surface area contributed by atoms with Gasteiger partial charge in [-0.1, -0.05) is 6.92 Å². The third-order valence-electron chi connectivity index (χ3n) is 2.92. The SMILES string of the molecule is COC(CN1CCSC(C)C1C)OC. The molecule has 0 aromatic heterocycles. The lowest BCUT2D eigenvalue weighted by Crippen LogP contribution is -2.48. The molecule has 0 N–H and O–H groups in total. The van der Waals surface area contributed by atoms with Gasteiger partial charge in [0.25, 0.3) is 0 Å². The van der Waals surface area contributed by atoms with Crippen molar-refractivity contribution in [3.05, 3.63) is 0 Å². The van der Waals surface area contributed by atoms with E-state index < -0.39 is 0 Å². The number of ether oxygens (including phenoxy) is 2. The Kier molecular flexibility index (Phi) is 5.23. The molecule has 0 bridgehead atoms. The van der Waals surface area contributed by atoms with Crippen LogP contribution in [0.15, 0.2) is 0 Å². The number of nitrogens with zero attached hydrogens (tertiary/aromatic N) is 1. The van der Waals surface area contributed by atoms with Crippen molar-refractivity contribution in [1.82, 2.24) is 4.90 Å². The van der Waals surface area contributed by atoms with Gasteiger partial charge in [0.15, 0.2) is 6.29 Å². The zero-order valence-corrected chi connectivity index (χ0v) is 10.3. The fourth-order valence-corrected chi connectivity index (χ4v) is 2.85. The van der Waals surface area contributed by atoms with Crippen LogP contribution in [0, 0.1) is 0 Å². The van der Waals surface area contributed by atoms with Crippen LogP contribution in [0.25, 0.3) is 0 Å². The minimum absolute atomic E-state index is 0.0900. The molecule has 1 fully saturated rings. The molecule has 2 atom stereocenters. The molecule has 1 aliphatic heterocycles. The first-order chi connectivity index (χ1) is 6.69. The van der Waals surface area contributed by atoms with Gasteiger partial charge in [-0.15, -0.1) is 0 Å². The summed E-state index contributed by atoms with van der Waals surface area (Å²) in [4.78, 5) is 2.44. The van der Waals surface area contributed by atoms with Crippen molar-refractivity contribution in [1.29, 1.82) is 0 Å². The van der Waals surface area contributed by atoms with E-state index in [0.717, 1.165) is 13.1 Å². The van der Waals surface area contributed by atoms with Crippen LogP contribution in [0.1, 0.15) is 13.8 Å². The fraction of sp³-hybridized carbons (Fsp3) is 1.00. The third-order valence-corrected chi connectivity index (χ3v) is 4.26. The van der Waals surface area contributed by atoms with E-state index in [2.05, 4.69) is 18.7 Å². The summed E-state index contributed by atoms with van der Waals surface area (Å²) < 4.78 is 10.4. The Balaban J connectivity index is 2.41. The molecule has 0 saturated carbocycles. The predicted octanol–water partition coefficient (Wildman–Crippen LogP) is 1.43. The summed E-state index contributed by atoms with van der Waals surface area (Å²) in [5.74, 6) is 1.21. The summed E-state index contributed by atoms with van der Waals surface area (Å²) >= 11 is 2.05. The van der Waals surface area contributed by atoms with Crippen LogP contribution in [0.2, 0.25) is 0 Å². The van der Waals surface area contributed by atoms with Gasteiger partial charge in [0.1, 0.15) is 0 Å². The Morgan fingerprint density at radius 2 is 2.00 bits per heavy atom. The summed E-state index contributed by atoms with van der Waals surface area (Å²) in [6.07, 6.45) is -0.0900. The Hall–Kier alpha value is 0.230. The summed E-state index contributed by atoms with van der Waals surface area (Å²) in [7, 11) is 3.39. The first-order valence-corrected chi connectivity index (χ1v) is 6.15. The second kappa shape index (κ2) is 5.95. The maximum atomic E-state index is 5.22. The van der Waals surface area contributed by atoms with E-state index in [9.17, 15) is 0 Å². The summed E-state index contributed by atoms with van der Waals surface area (Å²) in [5.41, 5.74) is 0. The molecule has 1 aliphatic rings. The van der Waals surface area contributed by atoms with Crippen molar-refractivity contribution < 1.29 is 9.47 Å². The second-order valence-corrected chi connectivity index (χ2v) is 5.20. The zero-order valence-electron chi connectivity index (χ0n) is 9.53. The molecule has 2 unspecified atom stereocenters. The lowest BCUT2D eigenvalue weighted by atomic mass is 10.2. The van der Waals surface area contributed by atoms with Crippen molar-refractivity contribution in [2.45, 2.75) is 31.4 Å². The Labute approximate surface area is 91.1 Å². The minimum atomic E-state index is -0.0900. The van der Waals surface area contributed by atoms with Crippen molar-refractivity contribution in [2.24, 2.45) is 0 Å². The van der Waals surface area contributed by atoms with Gasteiger partial charge in [0.05, 0.1) is 0 Å². The quantitative estimate of drug-likeness (QED) is 0.667. The molecule has 0 amide bonds. The molecule has 84 valence electrons. The van der Waals surface area contributed by atoms with E-state index in [1.54, 1.807) is 14.2 Å². The molecule has 4 heteroatoms. The van der Waals surface area contributed by atoms with Crippen molar-refractivity contribution in [3.8, 4) is 0 Å². The summed E-state index contributed by atoms with van der Waals surface area (Å²) in [6.45, 7) is 6.58. The molecule has 14 heavy (non-hydrogen) atoms. The van der Waals surface area contributed by atoms with E-state index in [4.69, 9.17) is 9.47 Å². The highest BCUT2D eigenvalue weighted by Gasteiger charge is 2.26. The van der Waals surface area contributed by atoms with Gasteiger partial charge in [-0.25, -0.2) is 0 Å². The van der Waals surface area contributed by atoms with Gasteiger partial charge in [0, 0.05) is 44.4 Å².